The number of aryl methyl sites for hydroxylation is 1. The number of carbonyl (C=O) groups excluding carboxylic acids is 1. The van der Waals surface area contributed by atoms with E-state index in [1.54, 1.807) is 6.07 Å². The third-order valence-corrected chi connectivity index (χ3v) is 6.97. The van der Waals surface area contributed by atoms with E-state index in [1.165, 1.54) is 0 Å². The highest BCUT2D eigenvalue weighted by atomic mass is 35.5. The molecule has 1 amide bonds. The third-order valence-electron chi connectivity index (χ3n) is 6.38. The second kappa shape index (κ2) is 10.6. The Morgan fingerprint density at radius 2 is 1.94 bits per heavy atom. The minimum atomic E-state index is 0.0121. The molecule has 6 nitrogen and oxygen atoms in total. The van der Waals surface area contributed by atoms with E-state index in [4.69, 9.17) is 37.9 Å². The van der Waals surface area contributed by atoms with Gasteiger partial charge in [0.05, 0.1) is 12.5 Å². The molecule has 178 valence electrons. The normalized spacial score (nSPS) is 18.9. The average molecular weight is 491 g/mol. The maximum Gasteiger partial charge on any atom is 0.228 e. The SMILES string of the molecule is Cc1nc(CC(C)C)nc(N2CCN(C(=O)[C@@H]3CCOC3)CC2)c1Cc1ccc(Cl)cc1Cl. The third kappa shape index (κ3) is 5.79. The Kier molecular flexibility index (Phi) is 7.77. The molecule has 1 aromatic carbocycles. The zero-order valence-corrected chi connectivity index (χ0v) is 21.1. The van der Waals surface area contributed by atoms with Crippen molar-refractivity contribution in [3.05, 3.63) is 50.9 Å². The van der Waals surface area contributed by atoms with Crippen LogP contribution in [0.25, 0.3) is 0 Å². The number of amides is 1. The van der Waals surface area contributed by atoms with Crippen LogP contribution in [0.1, 0.15) is 42.9 Å². The zero-order valence-electron chi connectivity index (χ0n) is 19.6. The Morgan fingerprint density at radius 3 is 2.58 bits per heavy atom. The number of hydrogen-bond donors (Lipinski definition) is 0. The largest absolute Gasteiger partial charge is 0.381 e. The molecule has 0 radical (unpaired) electrons. The predicted octanol–water partition coefficient (Wildman–Crippen LogP) is 4.57. The molecule has 33 heavy (non-hydrogen) atoms. The molecule has 8 heteroatoms. The molecule has 1 atom stereocenters. The first-order valence-electron chi connectivity index (χ1n) is 11.7. The number of rotatable bonds is 6. The number of anilines is 1. The number of halogens is 2. The molecule has 0 bridgehead atoms. The molecule has 0 unspecified atom stereocenters. The molecule has 0 N–H and O–H groups in total. The summed E-state index contributed by atoms with van der Waals surface area (Å²) in [6.07, 6.45) is 2.29. The second-order valence-corrected chi connectivity index (χ2v) is 10.3. The van der Waals surface area contributed by atoms with Gasteiger partial charge in [-0.05, 0) is 37.0 Å². The van der Waals surface area contributed by atoms with Crippen LogP contribution in [-0.2, 0) is 22.4 Å². The lowest BCUT2D eigenvalue weighted by Gasteiger charge is -2.37. The van der Waals surface area contributed by atoms with Crippen molar-refractivity contribution in [3.63, 3.8) is 0 Å². The van der Waals surface area contributed by atoms with Gasteiger partial charge < -0.3 is 14.5 Å². The summed E-state index contributed by atoms with van der Waals surface area (Å²) in [4.78, 5) is 26.9. The fraction of sp³-hybridized carbons (Fsp3) is 0.560. The van der Waals surface area contributed by atoms with Gasteiger partial charge >= 0.3 is 0 Å². The average Bonchev–Trinajstić information content (AvgIpc) is 3.31. The number of hydrogen-bond acceptors (Lipinski definition) is 5. The maximum atomic E-state index is 12.8. The van der Waals surface area contributed by atoms with Gasteiger partial charge in [0.1, 0.15) is 11.6 Å². The lowest BCUT2D eigenvalue weighted by atomic mass is 10.0. The van der Waals surface area contributed by atoms with E-state index in [1.807, 2.05) is 24.0 Å². The van der Waals surface area contributed by atoms with E-state index in [0.717, 1.165) is 54.4 Å². The first-order chi connectivity index (χ1) is 15.8. The van der Waals surface area contributed by atoms with E-state index >= 15 is 0 Å². The van der Waals surface area contributed by atoms with Gasteiger partial charge in [-0.3, -0.25) is 4.79 Å². The van der Waals surface area contributed by atoms with Crippen molar-refractivity contribution in [2.75, 3.05) is 44.3 Å². The van der Waals surface area contributed by atoms with Crippen LogP contribution in [0.4, 0.5) is 5.82 Å². The zero-order chi connectivity index (χ0) is 23.5. The van der Waals surface area contributed by atoms with E-state index in [9.17, 15) is 4.79 Å². The molecule has 2 aliphatic rings. The lowest BCUT2D eigenvalue weighted by Crippen LogP contribution is -2.51. The van der Waals surface area contributed by atoms with Crippen LogP contribution in [0.3, 0.4) is 0 Å². The number of piperazine rings is 1. The molecule has 0 saturated carbocycles. The van der Waals surface area contributed by atoms with Gasteiger partial charge in [-0.25, -0.2) is 9.97 Å². The van der Waals surface area contributed by atoms with Crippen molar-refractivity contribution in [2.24, 2.45) is 11.8 Å². The van der Waals surface area contributed by atoms with Gasteiger partial charge in [0.15, 0.2) is 0 Å². The number of benzene rings is 1. The molecule has 0 aliphatic carbocycles. The monoisotopic (exact) mass is 490 g/mol. The van der Waals surface area contributed by atoms with Crippen molar-refractivity contribution in [2.45, 2.75) is 40.0 Å². The Hall–Kier alpha value is -1.89. The second-order valence-electron chi connectivity index (χ2n) is 9.41. The van der Waals surface area contributed by atoms with Gasteiger partial charge in [-0.1, -0.05) is 43.1 Å². The van der Waals surface area contributed by atoms with Crippen LogP contribution in [0, 0.1) is 18.8 Å². The molecular weight excluding hydrogens is 459 g/mol. The van der Waals surface area contributed by atoms with Crippen molar-refractivity contribution < 1.29 is 9.53 Å². The lowest BCUT2D eigenvalue weighted by molar-refractivity contribution is -0.135. The Labute approximate surface area is 206 Å². The quantitative estimate of drug-likeness (QED) is 0.593. The van der Waals surface area contributed by atoms with Crippen molar-refractivity contribution >= 4 is 34.9 Å². The molecule has 2 saturated heterocycles. The van der Waals surface area contributed by atoms with Gasteiger partial charge in [0.25, 0.3) is 0 Å². The highest BCUT2D eigenvalue weighted by molar-refractivity contribution is 6.35. The van der Waals surface area contributed by atoms with E-state index in [0.29, 0.717) is 48.7 Å². The van der Waals surface area contributed by atoms with Crippen LogP contribution in [0.2, 0.25) is 10.0 Å². The minimum absolute atomic E-state index is 0.0121. The van der Waals surface area contributed by atoms with Gasteiger partial charge in [-0.15, -0.1) is 0 Å². The first kappa shape index (κ1) is 24.2. The molecule has 3 heterocycles. The molecule has 0 spiro atoms. The number of nitrogens with zero attached hydrogens (tertiary/aromatic N) is 4. The van der Waals surface area contributed by atoms with Crippen LogP contribution in [0.5, 0.6) is 0 Å². The summed E-state index contributed by atoms with van der Waals surface area (Å²) in [7, 11) is 0. The van der Waals surface area contributed by atoms with E-state index in [2.05, 4.69) is 18.7 Å². The van der Waals surface area contributed by atoms with Gasteiger partial charge in [-0.2, -0.15) is 0 Å². The topological polar surface area (TPSA) is 58.6 Å². The summed E-state index contributed by atoms with van der Waals surface area (Å²) in [6, 6.07) is 5.61. The van der Waals surface area contributed by atoms with E-state index in [-0.39, 0.29) is 11.8 Å². The maximum absolute atomic E-state index is 12.8. The summed E-state index contributed by atoms with van der Waals surface area (Å²) in [6.45, 7) is 10.5. The summed E-state index contributed by atoms with van der Waals surface area (Å²) in [5.41, 5.74) is 3.06. The molecule has 2 aliphatic heterocycles. The summed E-state index contributed by atoms with van der Waals surface area (Å²) in [5.74, 6) is 2.53. The van der Waals surface area contributed by atoms with Crippen LogP contribution in [-0.4, -0.2) is 60.2 Å². The van der Waals surface area contributed by atoms with Gasteiger partial charge in [0.2, 0.25) is 5.91 Å². The summed E-state index contributed by atoms with van der Waals surface area (Å²) < 4.78 is 5.41. The van der Waals surface area contributed by atoms with E-state index < -0.39 is 0 Å². The molecule has 4 rings (SSSR count). The smallest absolute Gasteiger partial charge is 0.228 e. The molecular formula is C25H32Cl2N4O2. The highest BCUT2D eigenvalue weighted by Gasteiger charge is 2.31. The number of aromatic nitrogens is 2. The van der Waals surface area contributed by atoms with Gasteiger partial charge in [0, 0.05) is 66.9 Å². The fourth-order valence-corrected chi connectivity index (χ4v) is 5.02. The first-order valence-corrected chi connectivity index (χ1v) is 12.5. The fourth-order valence-electron chi connectivity index (χ4n) is 4.54. The molecule has 1 aromatic heterocycles. The minimum Gasteiger partial charge on any atom is -0.381 e. The highest BCUT2D eigenvalue weighted by Crippen LogP contribution is 2.30. The van der Waals surface area contributed by atoms with Crippen LogP contribution in [0.15, 0.2) is 18.2 Å². The number of carbonyl (C=O) groups is 1. The van der Waals surface area contributed by atoms with Crippen molar-refractivity contribution in [3.8, 4) is 0 Å². The van der Waals surface area contributed by atoms with Crippen molar-refractivity contribution in [1.82, 2.24) is 14.9 Å². The Balaban J connectivity index is 1.58. The Bertz CT molecular complexity index is 1000. The van der Waals surface area contributed by atoms with Crippen LogP contribution < -0.4 is 4.90 Å². The number of ether oxygens (including phenoxy) is 1. The summed E-state index contributed by atoms with van der Waals surface area (Å²) in [5, 5.41) is 1.27. The standard InChI is InChI=1S/C25H32Cl2N4O2/c1-16(2)12-23-28-17(3)21(13-18-4-5-20(26)14-22(18)27)24(29-23)30-7-9-31(10-8-30)25(32)19-6-11-33-15-19/h4-5,14,16,19H,6-13,15H2,1-3H3/t19-/m1/s1. The molecule has 2 fully saturated rings. The Morgan fingerprint density at radius 1 is 1.18 bits per heavy atom. The van der Waals surface area contributed by atoms with Crippen LogP contribution >= 0.6 is 23.2 Å². The molecule has 2 aromatic rings. The predicted molar refractivity (Wildman–Crippen MR) is 132 cm³/mol. The van der Waals surface area contributed by atoms with Crippen molar-refractivity contribution in [1.29, 1.82) is 0 Å². The summed E-state index contributed by atoms with van der Waals surface area (Å²) >= 11 is 12.6.